The largest absolute Gasteiger partial charge is 0.508 e. The van der Waals surface area contributed by atoms with Crippen LogP contribution in [-0.2, 0) is 4.79 Å². The summed E-state index contributed by atoms with van der Waals surface area (Å²) in [5.74, 6) is -0.194. The second-order valence-electron chi connectivity index (χ2n) is 9.26. The van der Waals surface area contributed by atoms with Gasteiger partial charge in [-0.05, 0) is 48.7 Å². The molecule has 1 fully saturated rings. The van der Waals surface area contributed by atoms with Crippen molar-refractivity contribution in [1.82, 2.24) is 35.1 Å². The quantitative estimate of drug-likeness (QED) is 0.262. The van der Waals surface area contributed by atoms with Gasteiger partial charge < -0.3 is 15.4 Å². The summed E-state index contributed by atoms with van der Waals surface area (Å²) < 4.78 is 14.0. The van der Waals surface area contributed by atoms with Gasteiger partial charge in [-0.2, -0.15) is 5.10 Å². The van der Waals surface area contributed by atoms with Crippen molar-refractivity contribution in [1.29, 1.82) is 0 Å². The van der Waals surface area contributed by atoms with Gasteiger partial charge >= 0.3 is 0 Å². The van der Waals surface area contributed by atoms with Gasteiger partial charge in [-0.15, -0.1) is 0 Å². The Bertz CT molecular complexity index is 1850. The van der Waals surface area contributed by atoms with Gasteiger partial charge in [0.15, 0.2) is 11.5 Å². The van der Waals surface area contributed by atoms with Crippen LogP contribution >= 0.6 is 0 Å². The molecule has 1 aromatic carbocycles. The third kappa shape index (κ3) is 3.90. The SMILES string of the molecule is O=C(Nc1cncc(-c2ccc3[nH]nc(-c4nc5c(-c6cc(O)cc(F)c6)cncc5[nH]4)c3n2)c1)C1CC1. The molecule has 1 aliphatic carbocycles. The van der Waals surface area contributed by atoms with Gasteiger partial charge in [0, 0.05) is 35.5 Å². The summed E-state index contributed by atoms with van der Waals surface area (Å²) in [6.45, 7) is 0. The molecule has 0 unspecified atom stereocenters. The maximum Gasteiger partial charge on any atom is 0.227 e. The number of rotatable bonds is 5. The molecule has 0 bridgehead atoms. The first-order valence-corrected chi connectivity index (χ1v) is 12.0. The van der Waals surface area contributed by atoms with E-state index in [1.165, 1.54) is 12.1 Å². The number of hydrogen-bond donors (Lipinski definition) is 4. The van der Waals surface area contributed by atoms with Crippen LogP contribution in [0.5, 0.6) is 5.75 Å². The fourth-order valence-electron chi connectivity index (χ4n) is 4.45. The molecular weight excluding hydrogens is 487 g/mol. The second-order valence-corrected chi connectivity index (χ2v) is 9.26. The molecule has 0 aliphatic heterocycles. The Balaban J connectivity index is 1.29. The topological polar surface area (TPSA) is 145 Å². The van der Waals surface area contributed by atoms with Crippen molar-refractivity contribution in [3.63, 3.8) is 0 Å². The number of aromatic amines is 2. The Hall–Kier alpha value is -5.19. The Morgan fingerprint density at radius 3 is 2.66 bits per heavy atom. The summed E-state index contributed by atoms with van der Waals surface area (Å²) >= 11 is 0. The van der Waals surface area contributed by atoms with Crippen LogP contribution in [0.3, 0.4) is 0 Å². The number of anilines is 1. The lowest BCUT2D eigenvalue weighted by Crippen LogP contribution is -2.13. The van der Waals surface area contributed by atoms with Crippen molar-refractivity contribution in [2.75, 3.05) is 5.32 Å². The van der Waals surface area contributed by atoms with Crippen LogP contribution in [0.1, 0.15) is 12.8 Å². The summed E-state index contributed by atoms with van der Waals surface area (Å²) in [7, 11) is 0. The van der Waals surface area contributed by atoms with Gasteiger partial charge in [-0.1, -0.05) is 0 Å². The average Bonchev–Trinajstić information content (AvgIpc) is 3.54. The lowest BCUT2D eigenvalue weighted by atomic mass is 10.1. The molecule has 186 valence electrons. The van der Waals surface area contributed by atoms with Gasteiger partial charge in [0.2, 0.25) is 5.91 Å². The number of aromatic hydroxyl groups is 1. The molecule has 7 rings (SSSR count). The lowest BCUT2D eigenvalue weighted by molar-refractivity contribution is -0.117. The van der Waals surface area contributed by atoms with Crippen LogP contribution in [0.2, 0.25) is 0 Å². The third-order valence-corrected chi connectivity index (χ3v) is 6.47. The molecule has 38 heavy (non-hydrogen) atoms. The molecule has 1 aliphatic rings. The Morgan fingerprint density at radius 1 is 0.947 bits per heavy atom. The number of pyridine rings is 3. The molecule has 11 heteroatoms. The standard InChI is InChI=1S/C27H19FN8O2/c28-16-5-14(7-18(37)8-16)19-11-30-12-22-23(19)34-26(33-22)25-24-21(35-36-25)4-3-20(32-24)15-6-17(10-29-9-15)31-27(38)13-1-2-13/h3-13,37H,1-2H2,(H,31,38)(H,33,34)(H,35,36). The molecular formula is C27H19FN8O2. The molecule has 4 N–H and O–H groups in total. The minimum atomic E-state index is -0.562. The molecule has 0 saturated heterocycles. The number of H-pyrrole nitrogens is 2. The smallest absolute Gasteiger partial charge is 0.227 e. The van der Waals surface area contributed by atoms with Gasteiger partial charge in [0.1, 0.15) is 17.1 Å². The van der Waals surface area contributed by atoms with E-state index in [0.717, 1.165) is 24.5 Å². The number of benzene rings is 1. The number of phenols is 1. The van der Waals surface area contributed by atoms with E-state index in [4.69, 9.17) is 9.97 Å². The highest BCUT2D eigenvalue weighted by Gasteiger charge is 2.29. The minimum Gasteiger partial charge on any atom is -0.508 e. The fourth-order valence-corrected chi connectivity index (χ4v) is 4.45. The van der Waals surface area contributed by atoms with E-state index in [1.54, 1.807) is 24.8 Å². The van der Waals surface area contributed by atoms with E-state index >= 15 is 0 Å². The van der Waals surface area contributed by atoms with Crippen molar-refractivity contribution in [2.45, 2.75) is 12.8 Å². The average molecular weight is 507 g/mol. The van der Waals surface area contributed by atoms with Gasteiger partial charge in [0.25, 0.3) is 0 Å². The van der Waals surface area contributed by atoms with Crippen molar-refractivity contribution >= 4 is 33.7 Å². The number of hydrogen-bond acceptors (Lipinski definition) is 7. The number of amides is 1. The number of halogens is 1. The van der Waals surface area contributed by atoms with E-state index < -0.39 is 5.82 Å². The Morgan fingerprint density at radius 2 is 1.82 bits per heavy atom. The predicted molar refractivity (Wildman–Crippen MR) is 138 cm³/mol. The summed E-state index contributed by atoms with van der Waals surface area (Å²) in [6, 6.07) is 9.38. The molecule has 5 aromatic heterocycles. The molecule has 1 amide bonds. The van der Waals surface area contributed by atoms with Crippen molar-refractivity contribution in [3.8, 4) is 39.7 Å². The zero-order valence-electron chi connectivity index (χ0n) is 19.7. The lowest BCUT2D eigenvalue weighted by Gasteiger charge is -2.06. The van der Waals surface area contributed by atoms with Crippen LogP contribution in [0.25, 0.3) is 56.0 Å². The summed E-state index contributed by atoms with van der Waals surface area (Å²) in [6.07, 6.45) is 8.34. The number of phenolic OH excluding ortho intramolecular Hbond substituents is 1. The molecule has 6 aromatic rings. The zero-order valence-corrected chi connectivity index (χ0v) is 19.7. The van der Waals surface area contributed by atoms with E-state index in [2.05, 4.69) is 30.5 Å². The number of fused-ring (bicyclic) bond motifs is 2. The molecule has 10 nitrogen and oxygen atoms in total. The molecule has 1 saturated carbocycles. The normalized spacial score (nSPS) is 13.3. The monoisotopic (exact) mass is 506 g/mol. The minimum absolute atomic E-state index is 0.0108. The Labute approximate surface area is 214 Å². The maximum absolute atomic E-state index is 14.0. The van der Waals surface area contributed by atoms with E-state index in [-0.39, 0.29) is 17.6 Å². The first-order chi connectivity index (χ1) is 18.5. The van der Waals surface area contributed by atoms with Crippen molar-refractivity contribution in [2.24, 2.45) is 5.92 Å². The van der Waals surface area contributed by atoms with Crippen molar-refractivity contribution in [3.05, 3.63) is 67.0 Å². The highest BCUT2D eigenvalue weighted by Crippen LogP contribution is 2.33. The van der Waals surface area contributed by atoms with Crippen LogP contribution < -0.4 is 5.32 Å². The molecule has 0 atom stereocenters. The predicted octanol–water partition coefficient (Wildman–Crippen LogP) is 4.82. The molecule has 5 heterocycles. The van der Waals surface area contributed by atoms with E-state index in [9.17, 15) is 14.3 Å². The van der Waals surface area contributed by atoms with Crippen LogP contribution in [0, 0.1) is 11.7 Å². The highest BCUT2D eigenvalue weighted by molar-refractivity contribution is 5.96. The summed E-state index contributed by atoms with van der Waals surface area (Å²) in [5.41, 5.74) is 6.00. The van der Waals surface area contributed by atoms with Crippen LogP contribution in [-0.4, -0.2) is 46.1 Å². The summed E-state index contributed by atoms with van der Waals surface area (Å²) in [4.78, 5) is 33.5. The van der Waals surface area contributed by atoms with Crippen molar-refractivity contribution < 1.29 is 14.3 Å². The zero-order chi connectivity index (χ0) is 25.8. The van der Waals surface area contributed by atoms with Gasteiger partial charge in [0.05, 0.1) is 40.3 Å². The molecule has 0 radical (unpaired) electrons. The number of aromatic nitrogens is 7. The Kier molecular flexibility index (Phi) is 4.90. The van der Waals surface area contributed by atoms with Gasteiger partial charge in [-0.3, -0.25) is 19.9 Å². The van der Waals surface area contributed by atoms with Crippen LogP contribution in [0.15, 0.2) is 61.2 Å². The first-order valence-electron chi connectivity index (χ1n) is 12.0. The number of carbonyl (C=O) groups is 1. The van der Waals surface area contributed by atoms with Gasteiger partial charge in [-0.25, -0.2) is 14.4 Å². The second kappa shape index (κ2) is 8.44. The number of carbonyl (C=O) groups excluding carboxylic acids is 1. The van der Waals surface area contributed by atoms with Crippen LogP contribution in [0.4, 0.5) is 10.1 Å². The highest BCUT2D eigenvalue weighted by atomic mass is 19.1. The number of imidazole rings is 1. The maximum atomic E-state index is 14.0. The third-order valence-electron chi connectivity index (χ3n) is 6.47. The fraction of sp³-hybridized carbons (Fsp3) is 0.111. The number of nitrogens with one attached hydrogen (secondary N) is 3. The van der Waals surface area contributed by atoms with E-state index in [0.29, 0.717) is 56.1 Å². The molecule has 0 spiro atoms. The summed E-state index contributed by atoms with van der Waals surface area (Å²) in [5, 5.41) is 20.2. The van der Waals surface area contributed by atoms with E-state index in [1.807, 2.05) is 18.2 Å². The number of nitrogens with zero attached hydrogens (tertiary/aromatic N) is 5. The first kappa shape index (κ1) is 22.0.